The summed E-state index contributed by atoms with van der Waals surface area (Å²) in [5, 5.41) is 15.2. The van der Waals surface area contributed by atoms with E-state index in [1.54, 1.807) is 19.1 Å². The molecule has 39 heavy (non-hydrogen) atoms. The summed E-state index contributed by atoms with van der Waals surface area (Å²) in [7, 11) is 0. The van der Waals surface area contributed by atoms with Gasteiger partial charge in [0.05, 0.1) is 17.1 Å². The second-order valence-corrected chi connectivity index (χ2v) is 10.2. The number of carbonyl (C=O) groups excluding carboxylic acids is 2. The number of hydrogen-bond acceptors (Lipinski definition) is 6. The Morgan fingerprint density at radius 2 is 1.67 bits per heavy atom. The lowest BCUT2D eigenvalue weighted by Crippen LogP contribution is -2.36. The number of nitrogens with zero attached hydrogens (tertiary/aromatic N) is 1. The molecule has 1 N–H and O–H groups in total. The van der Waals surface area contributed by atoms with E-state index in [0.717, 1.165) is 16.8 Å². The van der Waals surface area contributed by atoms with Crippen molar-refractivity contribution < 1.29 is 19.2 Å². The Hall–Kier alpha value is -4.23. The van der Waals surface area contributed by atoms with Crippen LogP contribution in [0, 0.1) is 10.1 Å². The summed E-state index contributed by atoms with van der Waals surface area (Å²) < 4.78 is 5.69. The molecule has 0 saturated carbocycles. The number of nitrogens with one attached hydrogen (secondary N) is 1. The van der Waals surface area contributed by atoms with E-state index in [1.807, 2.05) is 54.6 Å². The zero-order valence-electron chi connectivity index (χ0n) is 21.4. The molecular weight excluding hydrogens is 516 g/mol. The monoisotopic (exact) mass is 542 g/mol. The topological polar surface area (TPSA) is 98.5 Å². The van der Waals surface area contributed by atoms with Gasteiger partial charge in [-0.25, -0.2) is 4.79 Å². The number of carbonyl (C=O) groups is 2. The molecule has 2 atom stereocenters. The number of hydrogen-bond donors (Lipinski definition) is 1. The Bertz CT molecular complexity index is 1480. The van der Waals surface area contributed by atoms with Gasteiger partial charge in [-0.15, -0.1) is 0 Å². The predicted molar refractivity (Wildman–Crippen MR) is 148 cm³/mol. The average molecular weight is 543 g/mol. The van der Waals surface area contributed by atoms with Gasteiger partial charge in [-0.05, 0) is 48.1 Å². The van der Waals surface area contributed by atoms with Crippen molar-refractivity contribution in [3.05, 3.63) is 133 Å². The van der Waals surface area contributed by atoms with Gasteiger partial charge in [0.15, 0.2) is 5.78 Å². The second-order valence-electron chi connectivity index (χ2n) is 9.79. The molecule has 2 unspecified atom stereocenters. The van der Waals surface area contributed by atoms with Gasteiger partial charge in [-0.3, -0.25) is 14.9 Å². The molecule has 0 bridgehead atoms. The number of rotatable bonds is 7. The van der Waals surface area contributed by atoms with Gasteiger partial charge >= 0.3 is 5.97 Å². The molecule has 2 aliphatic rings. The number of halogens is 1. The van der Waals surface area contributed by atoms with Crippen LogP contribution in [0.15, 0.2) is 101 Å². The number of Topliss-reactive ketones (excluding diaryl/α,β-unsaturated/α-hetero) is 1. The molecule has 3 aromatic carbocycles. The number of ketones is 1. The van der Waals surface area contributed by atoms with Gasteiger partial charge in [0, 0.05) is 52.9 Å². The van der Waals surface area contributed by atoms with Crippen LogP contribution < -0.4 is 5.32 Å². The van der Waals surface area contributed by atoms with Crippen LogP contribution in [0.4, 0.5) is 5.69 Å². The molecule has 0 amide bonds. The van der Waals surface area contributed by atoms with Crippen molar-refractivity contribution in [3.8, 4) is 0 Å². The van der Waals surface area contributed by atoms with E-state index in [1.165, 1.54) is 12.1 Å². The van der Waals surface area contributed by atoms with Crippen LogP contribution in [-0.2, 0) is 20.7 Å². The van der Waals surface area contributed by atoms with E-state index < -0.39 is 16.8 Å². The maximum absolute atomic E-state index is 13.7. The smallest absolute Gasteiger partial charge is 0.336 e. The van der Waals surface area contributed by atoms with Gasteiger partial charge in [-0.2, -0.15) is 0 Å². The molecule has 8 heteroatoms. The fraction of sp³-hybridized carbons (Fsp3) is 0.226. The summed E-state index contributed by atoms with van der Waals surface area (Å²) >= 11 is 6.06. The van der Waals surface area contributed by atoms with E-state index in [-0.39, 0.29) is 30.4 Å². The van der Waals surface area contributed by atoms with E-state index >= 15 is 0 Å². The molecule has 1 heterocycles. The van der Waals surface area contributed by atoms with Crippen molar-refractivity contribution in [3.63, 3.8) is 0 Å². The number of benzene rings is 3. The molecular formula is C31H27ClN2O5. The van der Waals surface area contributed by atoms with Gasteiger partial charge < -0.3 is 10.1 Å². The molecule has 3 aromatic rings. The Morgan fingerprint density at radius 1 is 1.00 bits per heavy atom. The van der Waals surface area contributed by atoms with E-state index in [2.05, 4.69) is 5.32 Å². The molecule has 5 rings (SSSR count). The first-order valence-corrected chi connectivity index (χ1v) is 13.1. The average Bonchev–Trinajstić information content (AvgIpc) is 2.93. The minimum Gasteiger partial charge on any atom is -0.462 e. The van der Waals surface area contributed by atoms with Crippen LogP contribution in [0.2, 0.25) is 5.02 Å². The van der Waals surface area contributed by atoms with E-state index in [0.29, 0.717) is 40.3 Å². The van der Waals surface area contributed by atoms with Crippen molar-refractivity contribution in [2.75, 3.05) is 6.61 Å². The third-order valence-corrected chi connectivity index (χ3v) is 7.54. The Balaban J connectivity index is 1.48. The van der Waals surface area contributed by atoms with Crippen LogP contribution in [0.25, 0.3) is 0 Å². The summed E-state index contributed by atoms with van der Waals surface area (Å²) in [5.41, 5.74) is 4.84. The molecule has 0 saturated heterocycles. The largest absolute Gasteiger partial charge is 0.462 e. The molecule has 0 fully saturated rings. The molecule has 0 radical (unpaired) electrons. The van der Waals surface area contributed by atoms with Crippen LogP contribution in [0.1, 0.15) is 48.3 Å². The zero-order chi connectivity index (χ0) is 27.5. The highest BCUT2D eigenvalue weighted by Gasteiger charge is 2.41. The van der Waals surface area contributed by atoms with Crippen LogP contribution in [-0.4, -0.2) is 23.3 Å². The molecule has 1 aliphatic carbocycles. The highest BCUT2D eigenvalue weighted by Crippen LogP contribution is 2.46. The fourth-order valence-electron chi connectivity index (χ4n) is 5.39. The van der Waals surface area contributed by atoms with Crippen molar-refractivity contribution >= 4 is 29.0 Å². The number of nitro groups is 1. The van der Waals surface area contributed by atoms with Gasteiger partial charge in [0.1, 0.15) is 0 Å². The highest BCUT2D eigenvalue weighted by molar-refractivity contribution is 6.30. The zero-order valence-corrected chi connectivity index (χ0v) is 22.1. The number of ether oxygens (including phenoxy) is 1. The van der Waals surface area contributed by atoms with Crippen molar-refractivity contribution in [1.82, 2.24) is 5.32 Å². The molecule has 198 valence electrons. The molecule has 1 aliphatic heterocycles. The lowest BCUT2D eigenvalue weighted by Gasteiger charge is -2.36. The quantitative estimate of drug-likeness (QED) is 0.211. The standard InChI is InChI=1S/C31H27ClN2O5/c1-19-28(31(36)39-16-15-20-5-3-2-4-6-20)29(22-9-13-25(14-10-22)34(37)38)30-26(33-19)17-23(18-27(30)35)21-7-11-24(32)12-8-21/h2-14,23,29,33H,15-18H2,1H3. The van der Waals surface area contributed by atoms with Crippen LogP contribution >= 0.6 is 11.6 Å². The van der Waals surface area contributed by atoms with E-state index in [4.69, 9.17) is 16.3 Å². The maximum atomic E-state index is 13.7. The number of allylic oxidation sites excluding steroid dienone is 3. The van der Waals surface area contributed by atoms with Crippen molar-refractivity contribution in [1.29, 1.82) is 0 Å². The summed E-state index contributed by atoms with van der Waals surface area (Å²) in [6.45, 7) is 1.98. The first-order chi connectivity index (χ1) is 18.8. The first kappa shape index (κ1) is 26.4. The number of non-ortho nitro benzene ring substituents is 1. The van der Waals surface area contributed by atoms with E-state index in [9.17, 15) is 19.7 Å². The van der Waals surface area contributed by atoms with Gasteiger partial charge in [-0.1, -0.05) is 66.2 Å². The van der Waals surface area contributed by atoms with Crippen molar-refractivity contribution in [2.24, 2.45) is 0 Å². The Labute approximate surface area is 231 Å². The van der Waals surface area contributed by atoms with Crippen LogP contribution in [0.3, 0.4) is 0 Å². The minimum absolute atomic E-state index is 0.0364. The SMILES string of the molecule is CC1=C(C(=O)OCCc2ccccc2)C(c2ccc([N+](=O)[O-])cc2)C2=C(CC(c3ccc(Cl)cc3)CC2=O)N1. The molecule has 0 aromatic heterocycles. The van der Waals surface area contributed by atoms with Gasteiger partial charge in [0.25, 0.3) is 5.69 Å². The second kappa shape index (κ2) is 11.3. The summed E-state index contributed by atoms with van der Waals surface area (Å²) in [6.07, 6.45) is 1.42. The molecule has 7 nitrogen and oxygen atoms in total. The summed E-state index contributed by atoms with van der Waals surface area (Å²) in [5.74, 6) is -1.32. The third-order valence-electron chi connectivity index (χ3n) is 7.29. The normalized spacial score (nSPS) is 18.9. The first-order valence-electron chi connectivity index (χ1n) is 12.8. The number of dihydropyridines is 1. The Morgan fingerprint density at radius 3 is 2.33 bits per heavy atom. The maximum Gasteiger partial charge on any atom is 0.336 e. The lowest BCUT2D eigenvalue weighted by atomic mass is 9.71. The fourth-order valence-corrected chi connectivity index (χ4v) is 5.51. The minimum atomic E-state index is -0.690. The third kappa shape index (κ3) is 5.64. The number of nitro benzene ring substituents is 1. The highest BCUT2D eigenvalue weighted by atomic mass is 35.5. The van der Waals surface area contributed by atoms with Crippen LogP contribution in [0.5, 0.6) is 0 Å². The Kier molecular flexibility index (Phi) is 7.61. The predicted octanol–water partition coefficient (Wildman–Crippen LogP) is 6.40. The lowest BCUT2D eigenvalue weighted by molar-refractivity contribution is -0.384. The van der Waals surface area contributed by atoms with Crippen molar-refractivity contribution in [2.45, 2.75) is 38.0 Å². The molecule has 0 spiro atoms. The van der Waals surface area contributed by atoms with Gasteiger partial charge in [0.2, 0.25) is 0 Å². The number of esters is 1. The summed E-state index contributed by atoms with van der Waals surface area (Å²) in [4.78, 5) is 38.0. The summed E-state index contributed by atoms with van der Waals surface area (Å²) in [6, 6.07) is 23.2.